The monoisotopic (exact) mass is 455 g/mol. The molecule has 3 aromatic rings. The van der Waals surface area contributed by atoms with Gasteiger partial charge < -0.3 is 33.1 Å². The van der Waals surface area contributed by atoms with Crippen LogP contribution >= 0.6 is 0 Å². The van der Waals surface area contributed by atoms with Crippen molar-refractivity contribution < 1.29 is 33.0 Å². The summed E-state index contributed by atoms with van der Waals surface area (Å²) in [7, 11) is 7.73. The number of hydrogen-bond donors (Lipinski definition) is 0. The minimum absolute atomic E-state index is 0.0419. The molecule has 4 rings (SSSR count). The Morgan fingerprint density at radius 1 is 0.879 bits per heavy atom. The first-order valence-corrected chi connectivity index (χ1v) is 10.2. The topological polar surface area (TPSA) is 105 Å². The van der Waals surface area contributed by atoms with Gasteiger partial charge in [-0.25, -0.2) is 0 Å². The molecule has 0 spiro atoms. The second-order valence-electron chi connectivity index (χ2n) is 7.31. The van der Waals surface area contributed by atoms with Gasteiger partial charge in [0.1, 0.15) is 0 Å². The Balaban J connectivity index is 1.58. The average Bonchev–Trinajstić information content (AvgIpc) is 3.49. The molecule has 2 heterocycles. The zero-order valence-corrected chi connectivity index (χ0v) is 19.1. The normalized spacial score (nSPS) is 15.5. The highest BCUT2D eigenvalue weighted by atomic mass is 16.5. The molecule has 0 N–H and O–H groups in total. The molecule has 1 aliphatic heterocycles. The predicted molar refractivity (Wildman–Crippen MR) is 119 cm³/mol. The predicted octanol–water partition coefficient (Wildman–Crippen LogP) is 3.30. The molecule has 1 saturated heterocycles. The van der Waals surface area contributed by atoms with Crippen LogP contribution in [-0.2, 0) is 4.79 Å². The molecule has 2 aromatic carbocycles. The van der Waals surface area contributed by atoms with Gasteiger partial charge in [0.25, 0.3) is 0 Å². The van der Waals surface area contributed by atoms with Crippen LogP contribution in [0.3, 0.4) is 0 Å². The van der Waals surface area contributed by atoms with Gasteiger partial charge in [0.15, 0.2) is 23.0 Å². The van der Waals surface area contributed by atoms with Crippen molar-refractivity contribution in [3.8, 4) is 40.1 Å². The molecular formula is C23H25N3O7. The molecule has 174 valence electrons. The summed E-state index contributed by atoms with van der Waals surface area (Å²) >= 11 is 0. The fourth-order valence-electron chi connectivity index (χ4n) is 3.84. The van der Waals surface area contributed by atoms with E-state index in [9.17, 15) is 4.79 Å². The standard InChI is InChI=1S/C23H25N3O7/c1-28-16-7-6-15(11-17(16)29-2)26-12-14(10-20(26)27)23-24-22(25-33-23)13-8-18(30-3)21(32-5)19(9-13)31-4/h6-9,11,14H,10,12H2,1-5H3/t14-/m1/s1. The summed E-state index contributed by atoms with van der Waals surface area (Å²) < 4.78 is 32.3. The summed E-state index contributed by atoms with van der Waals surface area (Å²) in [5.74, 6) is 3.04. The van der Waals surface area contributed by atoms with E-state index in [0.29, 0.717) is 58.3 Å². The van der Waals surface area contributed by atoms with Gasteiger partial charge in [-0.2, -0.15) is 4.98 Å². The van der Waals surface area contributed by atoms with Crippen molar-refractivity contribution in [2.24, 2.45) is 0 Å². The molecule has 0 saturated carbocycles. The number of rotatable bonds is 8. The van der Waals surface area contributed by atoms with Crippen molar-refractivity contribution >= 4 is 11.6 Å². The number of carbonyl (C=O) groups is 1. The van der Waals surface area contributed by atoms with Crippen LogP contribution < -0.4 is 28.6 Å². The van der Waals surface area contributed by atoms with Gasteiger partial charge in [-0.05, 0) is 24.3 Å². The highest BCUT2D eigenvalue weighted by molar-refractivity contribution is 5.96. The van der Waals surface area contributed by atoms with Gasteiger partial charge in [-0.3, -0.25) is 4.79 Å². The van der Waals surface area contributed by atoms with Gasteiger partial charge in [-0.15, -0.1) is 0 Å². The van der Waals surface area contributed by atoms with Crippen LogP contribution in [0, 0.1) is 0 Å². The van der Waals surface area contributed by atoms with Crippen LogP contribution in [0.5, 0.6) is 28.7 Å². The van der Waals surface area contributed by atoms with Crippen molar-refractivity contribution in [3.63, 3.8) is 0 Å². The average molecular weight is 455 g/mol. The molecule has 1 atom stereocenters. The first-order chi connectivity index (χ1) is 16.0. The highest BCUT2D eigenvalue weighted by Crippen LogP contribution is 2.41. The minimum Gasteiger partial charge on any atom is -0.493 e. The smallest absolute Gasteiger partial charge is 0.232 e. The number of methoxy groups -OCH3 is 5. The van der Waals surface area contributed by atoms with Crippen LogP contribution in [0.25, 0.3) is 11.4 Å². The van der Waals surface area contributed by atoms with E-state index in [1.807, 2.05) is 6.07 Å². The van der Waals surface area contributed by atoms with E-state index in [-0.39, 0.29) is 18.2 Å². The minimum atomic E-state index is -0.242. The molecule has 1 fully saturated rings. The number of carbonyl (C=O) groups excluding carboxylic acids is 1. The molecule has 1 aromatic heterocycles. The molecular weight excluding hydrogens is 430 g/mol. The number of nitrogens with zero attached hydrogens (tertiary/aromatic N) is 3. The zero-order valence-electron chi connectivity index (χ0n) is 19.1. The number of aromatic nitrogens is 2. The fourth-order valence-corrected chi connectivity index (χ4v) is 3.84. The molecule has 0 aliphatic carbocycles. The van der Waals surface area contributed by atoms with Crippen molar-refractivity contribution in [1.82, 2.24) is 10.1 Å². The molecule has 0 radical (unpaired) electrons. The first-order valence-electron chi connectivity index (χ1n) is 10.2. The van der Waals surface area contributed by atoms with E-state index in [1.54, 1.807) is 43.4 Å². The molecule has 1 aliphatic rings. The lowest BCUT2D eigenvalue weighted by molar-refractivity contribution is -0.117. The number of benzene rings is 2. The lowest BCUT2D eigenvalue weighted by Crippen LogP contribution is -2.24. The van der Waals surface area contributed by atoms with E-state index in [2.05, 4.69) is 10.1 Å². The Kier molecular flexibility index (Phi) is 6.25. The third kappa shape index (κ3) is 4.11. The summed E-state index contributed by atoms with van der Waals surface area (Å²) in [6.07, 6.45) is 0.255. The Hall–Kier alpha value is -3.95. The van der Waals surface area contributed by atoms with E-state index in [0.717, 1.165) is 0 Å². The van der Waals surface area contributed by atoms with Gasteiger partial charge in [0.05, 0.1) is 41.5 Å². The molecule has 0 unspecified atom stereocenters. The Morgan fingerprint density at radius 2 is 1.55 bits per heavy atom. The molecule has 0 bridgehead atoms. The Bertz CT molecular complexity index is 1140. The van der Waals surface area contributed by atoms with Crippen molar-refractivity contribution in [2.75, 3.05) is 47.0 Å². The fraction of sp³-hybridized carbons (Fsp3) is 0.348. The largest absolute Gasteiger partial charge is 0.493 e. The Labute approximate surface area is 190 Å². The molecule has 33 heavy (non-hydrogen) atoms. The van der Waals surface area contributed by atoms with Crippen LogP contribution in [-0.4, -0.2) is 58.1 Å². The first kappa shape index (κ1) is 22.3. The highest BCUT2D eigenvalue weighted by Gasteiger charge is 2.35. The Morgan fingerprint density at radius 3 is 2.15 bits per heavy atom. The second kappa shape index (κ2) is 9.27. The van der Waals surface area contributed by atoms with Crippen LogP contribution in [0.2, 0.25) is 0 Å². The summed E-state index contributed by atoms with van der Waals surface area (Å²) in [6.45, 7) is 0.408. The van der Waals surface area contributed by atoms with Gasteiger partial charge in [0.2, 0.25) is 23.4 Å². The maximum Gasteiger partial charge on any atom is 0.232 e. The molecule has 10 nitrogen and oxygen atoms in total. The third-order valence-electron chi connectivity index (χ3n) is 5.52. The van der Waals surface area contributed by atoms with Gasteiger partial charge in [0, 0.05) is 30.3 Å². The van der Waals surface area contributed by atoms with Crippen molar-refractivity contribution in [1.29, 1.82) is 0 Å². The lowest BCUT2D eigenvalue weighted by atomic mass is 10.1. The molecule has 10 heteroatoms. The number of hydrogen-bond acceptors (Lipinski definition) is 9. The van der Waals surface area contributed by atoms with Gasteiger partial charge >= 0.3 is 0 Å². The van der Waals surface area contributed by atoms with Crippen LogP contribution in [0.15, 0.2) is 34.9 Å². The summed E-state index contributed by atoms with van der Waals surface area (Å²) in [5, 5.41) is 4.11. The SMILES string of the molecule is COc1ccc(N2C[C@H](c3nc(-c4cc(OC)c(OC)c(OC)c4)no3)CC2=O)cc1OC. The lowest BCUT2D eigenvalue weighted by Gasteiger charge is -2.18. The number of ether oxygens (including phenoxy) is 5. The van der Waals surface area contributed by atoms with Crippen molar-refractivity contribution in [3.05, 3.63) is 36.2 Å². The maximum absolute atomic E-state index is 12.7. The van der Waals surface area contributed by atoms with Crippen LogP contribution in [0.4, 0.5) is 5.69 Å². The van der Waals surface area contributed by atoms with E-state index in [1.165, 1.54) is 21.3 Å². The number of anilines is 1. The zero-order chi connectivity index (χ0) is 23.5. The second-order valence-corrected chi connectivity index (χ2v) is 7.31. The summed E-state index contributed by atoms with van der Waals surface area (Å²) in [4.78, 5) is 19.0. The molecule has 1 amide bonds. The van der Waals surface area contributed by atoms with E-state index < -0.39 is 0 Å². The number of amides is 1. The maximum atomic E-state index is 12.7. The van der Waals surface area contributed by atoms with Crippen molar-refractivity contribution in [2.45, 2.75) is 12.3 Å². The third-order valence-corrected chi connectivity index (χ3v) is 5.52. The summed E-state index contributed by atoms with van der Waals surface area (Å²) in [6, 6.07) is 8.84. The van der Waals surface area contributed by atoms with E-state index in [4.69, 9.17) is 28.2 Å². The quantitative estimate of drug-likeness (QED) is 0.506. The van der Waals surface area contributed by atoms with E-state index >= 15 is 0 Å². The van der Waals surface area contributed by atoms with Crippen LogP contribution in [0.1, 0.15) is 18.2 Å². The van der Waals surface area contributed by atoms with Gasteiger partial charge in [-0.1, -0.05) is 5.16 Å². The summed E-state index contributed by atoms with van der Waals surface area (Å²) in [5.41, 5.74) is 1.35.